The predicted molar refractivity (Wildman–Crippen MR) is 131 cm³/mol. The third-order valence-electron chi connectivity index (χ3n) is 6.37. The van der Waals surface area contributed by atoms with Crippen molar-refractivity contribution in [3.05, 3.63) is 48.5 Å². The maximum Gasteiger partial charge on any atom is 0.272 e. The minimum absolute atomic E-state index is 0.0958. The number of rotatable bonds is 8. The molecule has 8 nitrogen and oxygen atoms in total. The van der Waals surface area contributed by atoms with Crippen LogP contribution in [0.4, 0.5) is 5.69 Å². The van der Waals surface area contributed by atoms with E-state index in [2.05, 4.69) is 29.2 Å². The second-order valence-electron chi connectivity index (χ2n) is 9.26. The third kappa shape index (κ3) is 5.87. The molecule has 1 aliphatic rings. The van der Waals surface area contributed by atoms with E-state index in [0.29, 0.717) is 26.1 Å². The topological polar surface area (TPSA) is 102 Å². The monoisotopic (exact) mass is 469 g/mol. The Morgan fingerprint density at radius 2 is 1.65 bits per heavy atom. The van der Waals surface area contributed by atoms with Crippen molar-refractivity contribution in [2.24, 2.45) is 11.8 Å². The first-order valence-electron chi connectivity index (χ1n) is 11.7. The highest BCUT2D eigenvalue weighted by atomic mass is 16.5. The van der Waals surface area contributed by atoms with E-state index in [9.17, 15) is 14.7 Å². The Balaban J connectivity index is 1.67. The number of carbonyl (C=O) groups is 2. The summed E-state index contributed by atoms with van der Waals surface area (Å²) in [5, 5.41) is 19.3. The van der Waals surface area contributed by atoms with Crippen LogP contribution in [0, 0.1) is 11.8 Å². The lowest BCUT2D eigenvalue weighted by Crippen LogP contribution is -2.57. The van der Waals surface area contributed by atoms with Gasteiger partial charge in [0.1, 0.15) is 11.9 Å². The molecule has 0 aromatic heterocycles. The fraction of sp³-hybridized carbons (Fsp3) is 0.462. The lowest BCUT2D eigenvalue weighted by Gasteiger charge is -2.42. The average molecular weight is 470 g/mol. The molecule has 2 aromatic rings. The number of piperazine rings is 1. The molecule has 1 aliphatic heterocycles. The Kier molecular flexibility index (Phi) is 8.52. The van der Waals surface area contributed by atoms with Crippen molar-refractivity contribution in [3.8, 4) is 16.9 Å². The SMILES string of the molecule is COc1ccc(-c2ccc(N3CCN(C(=O)[C@@H](CC(C)C)[C@H](O)C(=O)NO)[C@H](C)C3)cc2)cc1. The number of aliphatic hydroxyl groups is 1. The van der Waals surface area contributed by atoms with Crippen LogP contribution in [0.5, 0.6) is 5.75 Å². The quantitative estimate of drug-likeness (QED) is 0.406. The molecule has 0 saturated carbocycles. The Hall–Kier alpha value is -3.10. The normalized spacial score (nSPS) is 17.9. The third-order valence-corrected chi connectivity index (χ3v) is 6.37. The first-order chi connectivity index (χ1) is 16.2. The van der Waals surface area contributed by atoms with Crippen LogP contribution < -0.4 is 15.1 Å². The summed E-state index contributed by atoms with van der Waals surface area (Å²) in [6.45, 7) is 7.61. The van der Waals surface area contributed by atoms with Gasteiger partial charge < -0.3 is 19.6 Å². The van der Waals surface area contributed by atoms with E-state index in [4.69, 9.17) is 9.94 Å². The van der Waals surface area contributed by atoms with Gasteiger partial charge in [0.25, 0.3) is 5.91 Å². The maximum atomic E-state index is 13.3. The predicted octanol–water partition coefficient (Wildman–Crippen LogP) is 2.93. The standard InChI is InChI=1S/C26H35N3O5/c1-17(2)15-23(24(30)25(31)27-33)26(32)29-14-13-28(16-18(29)3)21-9-5-19(6-10-21)20-7-11-22(34-4)12-8-20/h5-12,17-18,23-24,30,33H,13-16H2,1-4H3,(H,27,31)/t18-,23+,24+/m1/s1. The van der Waals surface area contributed by atoms with Crippen molar-refractivity contribution in [1.29, 1.82) is 0 Å². The zero-order valence-electron chi connectivity index (χ0n) is 20.3. The second-order valence-corrected chi connectivity index (χ2v) is 9.26. The van der Waals surface area contributed by atoms with Crippen molar-refractivity contribution in [3.63, 3.8) is 0 Å². The molecule has 3 rings (SSSR count). The van der Waals surface area contributed by atoms with E-state index in [1.54, 1.807) is 12.0 Å². The molecule has 184 valence electrons. The summed E-state index contributed by atoms with van der Waals surface area (Å²) < 4.78 is 5.22. The molecule has 0 unspecified atom stereocenters. The van der Waals surface area contributed by atoms with Crippen LogP contribution in [-0.4, -0.2) is 65.9 Å². The fourth-order valence-electron chi connectivity index (χ4n) is 4.50. The molecule has 34 heavy (non-hydrogen) atoms. The lowest BCUT2D eigenvalue weighted by molar-refractivity contribution is -0.152. The number of amides is 2. The van der Waals surface area contributed by atoms with Gasteiger partial charge in [-0.1, -0.05) is 38.1 Å². The molecule has 0 radical (unpaired) electrons. The van der Waals surface area contributed by atoms with Crippen molar-refractivity contribution >= 4 is 17.5 Å². The summed E-state index contributed by atoms with van der Waals surface area (Å²) in [6.07, 6.45) is -1.23. The number of anilines is 1. The molecule has 1 saturated heterocycles. The minimum atomic E-state index is -1.59. The number of benzene rings is 2. The van der Waals surface area contributed by atoms with Gasteiger partial charge in [-0.15, -0.1) is 0 Å². The highest BCUT2D eigenvalue weighted by Gasteiger charge is 2.38. The van der Waals surface area contributed by atoms with Crippen LogP contribution in [0.2, 0.25) is 0 Å². The molecule has 0 spiro atoms. The molecule has 8 heteroatoms. The molecule has 0 bridgehead atoms. The largest absolute Gasteiger partial charge is 0.497 e. The molecular weight excluding hydrogens is 434 g/mol. The van der Waals surface area contributed by atoms with Gasteiger partial charge in [0.2, 0.25) is 5.91 Å². The molecular formula is C26H35N3O5. The van der Waals surface area contributed by atoms with Crippen LogP contribution in [-0.2, 0) is 9.59 Å². The molecule has 1 heterocycles. The van der Waals surface area contributed by atoms with Gasteiger partial charge in [-0.2, -0.15) is 0 Å². The van der Waals surface area contributed by atoms with Crippen molar-refractivity contribution in [2.75, 3.05) is 31.6 Å². The van der Waals surface area contributed by atoms with Gasteiger partial charge in [-0.25, -0.2) is 5.48 Å². The van der Waals surface area contributed by atoms with Gasteiger partial charge >= 0.3 is 0 Å². The van der Waals surface area contributed by atoms with Gasteiger partial charge in [0.05, 0.1) is 13.0 Å². The summed E-state index contributed by atoms with van der Waals surface area (Å²) in [5.74, 6) is -1.18. The number of hydroxylamine groups is 1. The van der Waals surface area contributed by atoms with E-state index in [0.717, 1.165) is 22.6 Å². The summed E-state index contributed by atoms with van der Waals surface area (Å²) >= 11 is 0. The average Bonchev–Trinajstić information content (AvgIpc) is 2.86. The minimum Gasteiger partial charge on any atom is -0.497 e. The Labute approximate surface area is 201 Å². The molecule has 2 aromatic carbocycles. The Morgan fingerprint density at radius 3 is 2.15 bits per heavy atom. The van der Waals surface area contributed by atoms with Crippen molar-refractivity contribution < 1.29 is 24.6 Å². The number of hydrogen-bond acceptors (Lipinski definition) is 6. The second kappa shape index (κ2) is 11.4. The smallest absolute Gasteiger partial charge is 0.272 e. The van der Waals surface area contributed by atoms with E-state index < -0.39 is 17.9 Å². The number of carbonyl (C=O) groups excluding carboxylic acids is 2. The zero-order chi connectivity index (χ0) is 24.8. The summed E-state index contributed by atoms with van der Waals surface area (Å²) in [6, 6.07) is 16.2. The maximum absolute atomic E-state index is 13.3. The molecule has 3 N–H and O–H groups in total. The highest BCUT2D eigenvalue weighted by Crippen LogP contribution is 2.28. The summed E-state index contributed by atoms with van der Waals surface area (Å²) in [5.41, 5.74) is 4.76. The summed E-state index contributed by atoms with van der Waals surface area (Å²) in [7, 11) is 1.65. The Morgan fingerprint density at radius 1 is 1.06 bits per heavy atom. The van der Waals surface area contributed by atoms with Gasteiger partial charge in [-0.05, 0) is 54.7 Å². The van der Waals surface area contributed by atoms with E-state index in [-0.39, 0.29) is 17.9 Å². The van der Waals surface area contributed by atoms with Gasteiger partial charge in [0, 0.05) is 31.4 Å². The first-order valence-corrected chi connectivity index (χ1v) is 11.7. The van der Waals surface area contributed by atoms with E-state index in [1.807, 2.05) is 45.0 Å². The van der Waals surface area contributed by atoms with Gasteiger partial charge in [0.15, 0.2) is 0 Å². The van der Waals surface area contributed by atoms with E-state index >= 15 is 0 Å². The lowest BCUT2D eigenvalue weighted by atomic mass is 9.89. The highest BCUT2D eigenvalue weighted by molar-refractivity contribution is 5.89. The number of hydrogen-bond donors (Lipinski definition) is 3. The van der Waals surface area contributed by atoms with Crippen LogP contribution in [0.1, 0.15) is 27.2 Å². The van der Waals surface area contributed by atoms with Crippen LogP contribution in [0.25, 0.3) is 11.1 Å². The molecule has 3 atom stereocenters. The van der Waals surface area contributed by atoms with Crippen LogP contribution in [0.3, 0.4) is 0 Å². The van der Waals surface area contributed by atoms with Crippen molar-refractivity contribution in [2.45, 2.75) is 39.3 Å². The van der Waals surface area contributed by atoms with Crippen molar-refractivity contribution in [1.82, 2.24) is 10.4 Å². The van der Waals surface area contributed by atoms with Gasteiger partial charge in [-0.3, -0.25) is 14.8 Å². The number of nitrogens with one attached hydrogen (secondary N) is 1. The number of ether oxygens (including phenoxy) is 1. The molecule has 1 fully saturated rings. The molecule has 2 amide bonds. The Bertz CT molecular complexity index is 961. The first kappa shape index (κ1) is 25.5. The fourth-order valence-corrected chi connectivity index (χ4v) is 4.50. The van der Waals surface area contributed by atoms with E-state index in [1.165, 1.54) is 5.48 Å². The van der Waals surface area contributed by atoms with Crippen LogP contribution in [0.15, 0.2) is 48.5 Å². The number of methoxy groups -OCH3 is 1. The summed E-state index contributed by atoms with van der Waals surface area (Å²) in [4.78, 5) is 29.1. The number of nitrogens with zero attached hydrogens (tertiary/aromatic N) is 2. The zero-order valence-corrected chi connectivity index (χ0v) is 20.3. The molecule has 0 aliphatic carbocycles. The number of aliphatic hydroxyl groups excluding tert-OH is 1. The van der Waals surface area contributed by atoms with Crippen LogP contribution >= 0.6 is 0 Å².